The fourth-order valence-corrected chi connectivity index (χ4v) is 3.12. The Morgan fingerprint density at radius 3 is 2.76 bits per heavy atom. The Labute approximate surface area is 124 Å². The summed E-state index contributed by atoms with van der Waals surface area (Å²) in [6.45, 7) is 0.286. The monoisotopic (exact) mass is 304 g/mol. The van der Waals surface area contributed by atoms with E-state index in [0.717, 1.165) is 5.69 Å². The first-order valence-electron chi connectivity index (χ1n) is 6.44. The van der Waals surface area contributed by atoms with Crippen LogP contribution < -0.4 is 4.72 Å². The maximum absolute atomic E-state index is 12.0. The molecule has 0 aliphatic carbocycles. The van der Waals surface area contributed by atoms with Gasteiger partial charge in [-0.15, -0.1) is 0 Å². The molecule has 7 heteroatoms. The molecule has 0 atom stereocenters. The summed E-state index contributed by atoms with van der Waals surface area (Å²) >= 11 is 0. The first-order valence-corrected chi connectivity index (χ1v) is 8.09. The smallest absolute Gasteiger partial charge is 0.215 e. The van der Waals surface area contributed by atoms with Crippen molar-refractivity contribution in [2.45, 2.75) is 12.2 Å². The minimum Gasteiger partial charge on any atom is -0.276 e. The van der Waals surface area contributed by atoms with Gasteiger partial charge in [0.05, 0.1) is 23.1 Å². The van der Waals surface area contributed by atoms with Crippen LogP contribution in [0.15, 0.2) is 36.5 Å². The summed E-state index contributed by atoms with van der Waals surface area (Å²) in [5.41, 5.74) is 1.72. The fourth-order valence-electron chi connectivity index (χ4n) is 1.94. The zero-order chi connectivity index (χ0) is 15.3. The van der Waals surface area contributed by atoms with E-state index in [4.69, 9.17) is 5.26 Å². The molecule has 0 saturated heterocycles. The molecule has 21 heavy (non-hydrogen) atoms. The molecule has 110 valence electrons. The maximum atomic E-state index is 12.0. The Morgan fingerprint density at radius 1 is 1.33 bits per heavy atom. The van der Waals surface area contributed by atoms with Gasteiger partial charge < -0.3 is 0 Å². The molecule has 1 N–H and O–H groups in total. The minimum atomic E-state index is -3.47. The Morgan fingerprint density at radius 2 is 2.10 bits per heavy atom. The molecule has 2 aromatic rings. The van der Waals surface area contributed by atoms with Crippen LogP contribution in [0.3, 0.4) is 0 Å². The molecule has 1 aromatic carbocycles. The molecule has 1 heterocycles. The molecule has 0 spiro atoms. The molecule has 0 fully saturated rings. The Kier molecular flexibility index (Phi) is 4.73. The normalized spacial score (nSPS) is 11.2. The minimum absolute atomic E-state index is 0.195. The molecule has 0 aliphatic rings. The lowest BCUT2D eigenvalue weighted by Crippen LogP contribution is -2.27. The van der Waals surface area contributed by atoms with Crippen LogP contribution in [0.4, 0.5) is 0 Å². The van der Waals surface area contributed by atoms with Crippen molar-refractivity contribution in [1.82, 2.24) is 14.5 Å². The molecular formula is C14H16N4O2S. The number of hydrogen-bond donors (Lipinski definition) is 1. The molecule has 2 rings (SSSR count). The Bertz CT molecular complexity index is 759. The summed E-state index contributed by atoms with van der Waals surface area (Å²) in [6.07, 6.45) is 2.34. The van der Waals surface area contributed by atoms with Crippen molar-refractivity contribution in [1.29, 1.82) is 5.26 Å². The quantitative estimate of drug-likeness (QED) is 0.861. The average Bonchev–Trinajstić information content (AvgIpc) is 2.84. The molecule has 0 amide bonds. The molecular weight excluding hydrogens is 288 g/mol. The van der Waals surface area contributed by atoms with Gasteiger partial charge in [0, 0.05) is 26.2 Å². The summed E-state index contributed by atoms with van der Waals surface area (Å²) in [5, 5.41) is 13.1. The highest BCUT2D eigenvalue weighted by Gasteiger charge is 2.13. The molecule has 6 nitrogen and oxygen atoms in total. The van der Waals surface area contributed by atoms with E-state index in [0.29, 0.717) is 17.5 Å². The molecule has 0 bridgehead atoms. The van der Waals surface area contributed by atoms with Crippen LogP contribution >= 0.6 is 0 Å². The van der Waals surface area contributed by atoms with Crippen molar-refractivity contribution in [3.63, 3.8) is 0 Å². The van der Waals surface area contributed by atoms with E-state index in [9.17, 15) is 8.42 Å². The Balaban J connectivity index is 1.94. The average molecular weight is 304 g/mol. The van der Waals surface area contributed by atoms with Gasteiger partial charge >= 0.3 is 0 Å². The second-order valence-electron chi connectivity index (χ2n) is 4.65. The highest BCUT2D eigenvalue weighted by molar-refractivity contribution is 7.88. The summed E-state index contributed by atoms with van der Waals surface area (Å²) in [4.78, 5) is 0. The molecule has 0 saturated carbocycles. The van der Waals surface area contributed by atoms with Gasteiger partial charge in [-0.2, -0.15) is 10.4 Å². The first-order chi connectivity index (χ1) is 10.00. The van der Waals surface area contributed by atoms with E-state index < -0.39 is 10.0 Å². The number of nitrogens with zero attached hydrogens (tertiary/aromatic N) is 3. The zero-order valence-corrected chi connectivity index (χ0v) is 12.5. The van der Waals surface area contributed by atoms with Gasteiger partial charge in [0.2, 0.25) is 10.0 Å². The summed E-state index contributed by atoms with van der Waals surface area (Å²) in [7, 11) is -1.65. The molecule has 1 aromatic heterocycles. The van der Waals surface area contributed by atoms with E-state index in [1.54, 1.807) is 28.9 Å². The third-order valence-electron chi connectivity index (χ3n) is 2.96. The van der Waals surface area contributed by atoms with E-state index in [1.807, 2.05) is 25.4 Å². The largest absolute Gasteiger partial charge is 0.276 e. The van der Waals surface area contributed by atoms with E-state index in [1.165, 1.54) is 0 Å². The molecule has 0 radical (unpaired) electrons. The van der Waals surface area contributed by atoms with Crippen LogP contribution in [-0.2, 0) is 29.2 Å². The van der Waals surface area contributed by atoms with Crippen molar-refractivity contribution in [3.05, 3.63) is 53.3 Å². The summed E-state index contributed by atoms with van der Waals surface area (Å²) < 4.78 is 28.2. The van der Waals surface area contributed by atoms with Crippen LogP contribution in [0.5, 0.6) is 0 Å². The first kappa shape index (κ1) is 15.2. The Hall–Kier alpha value is -2.17. The van der Waals surface area contributed by atoms with Crippen molar-refractivity contribution < 1.29 is 8.42 Å². The maximum Gasteiger partial charge on any atom is 0.215 e. The lowest BCUT2D eigenvalue weighted by Gasteiger charge is -2.07. The number of aromatic nitrogens is 2. The highest BCUT2D eigenvalue weighted by Crippen LogP contribution is 2.10. The van der Waals surface area contributed by atoms with Gasteiger partial charge in [-0.3, -0.25) is 4.68 Å². The third-order valence-corrected chi connectivity index (χ3v) is 4.29. The standard InChI is InChI=1S/C14H16N4O2S/c1-18-9-7-14(17-18)6-8-16-21(19,20)11-13-5-3-2-4-12(13)10-15/h2-5,7,9,16H,6,8,11H2,1H3. The van der Waals surface area contributed by atoms with Gasteiger partial charge in [0.25, 0.3) is 0 Å². The van der Waals surface area contributed by atoms with Gasteiger partial charge in [-0.1, -0.05) is 18.2 Å². The predicted molar refractivity (Wildman–Crippen MR) is 78.7 cm³/mol. The van der Waals surface area contributed by atoms with Crippen LogP contribution in [0.1, 0.15) is 16.8 Å². The number of aryl methyl sites for hydroxylation is 1. The van der Waals surface area contributed by atoms with Gasteiger partial charge in [-0.25, -0.2) is 13.1 Å². The van der Waals surface area contributed by atoms with Gasteiger partial charge in [0.1, 0.15) is 0 Å². The summed E-state index contributed by atoms with van der Waals surface area (Å²) in [5.74, 6) is -0.195. The fraction of sp³-hybridized carbons (Fsp3) is 0.286. The molecule has 0 aliphatic heterocycles. The number of hydrogen-bond acceptors (Lipinski definition) is 4. The number of nitrogens with one attached hydrogen (secondary N) is 1. The van der Waals surface area contributed by atoms with E-state index >= 15 is 0 Å². The second kappa shape index (κ2) is 6.52. The van der Waals surface area contributed by atoms with Gasteiger partial charge in [-0.05, 0) is 17.7 Å². The van der Waals surface area contributed by atoms with Crippen LogP contribution in [-0.4, -0.2) is 24.7 Å². The number of rotatable bonds is 6. The SMILES string of the molecule is Cn1ccc(CCNS(=O)(=O)Cc2ccccc2C#N)n1. The van der Waals surface area contributed by atoms with Crippen LogP contribution in [0.2, 0.25) is 0 Å². The number of nitriles is 1. The zero-order valence-electron chi connectivity index (χ0n) is 11.7. The predicted octanol–water partition coefficient (Wildman–Crippen LogP) is 0.954. The molecule has 0 unspecified atom stereocenters. The van der Waals surface area contributed by atoms with Crippen LogP contribution in [0, 0.1) is 11.3 Å². The number of sulfonamides is 1. The lowest BCUT2D eigenvalue weighted by atomic mass is 10.1. The van der Waals surface area contributed by atoms with E-state index in [-0.39, 0.29) is 12.3 Å². The van der Waals surface area contributed by atoms with E-state index in [2.05, 4.69) is 9.82 Å². The van der Waals surface area contributed by atoms with Crippen molar-refractivity contribution in [3.8, 4) is 6.07 Å². The lowest BCUT2D eigenvalue weighted by molar-refractivity contribution is 0.580. The van der Waals surface area contributed by atoms with Crippen molar-refractivity contribution >= 4 is 10.0 Å². The summed E-state index contributed by atoms with van der Waals surface area (Å²) in [6, 6.07) is 10.5. The van der Waals surface area contributed by atoms with Crippen LogP contribution in [0.25, 0.3) is 0 Å². The topological polar surface area (TPSA) is 87.8 Å². The second-order valence-corrected chi connectivity index (χ2v) is 6.46. The van der Waals surface area contributed by atoms with Crippen molar-refractivity contribution in [2.75, 3.05) is 6.54 Å². The van der Waals surface area contributed by atoms with Crippen molar-refractivity contribution in [2.24, 2.45) is 7.05 Å². The number of benzene rings is 1. The highest BCUT2D eigenvalue weighted by atomic mass is 32.2. The third kappa shape index (κ3) is 4.41. The van der Waals surface area contributed by atoms with Gasteiger partial charge in [0.15, 0.2) is 0 Å².